The zero-order chi connectivity index (χ0) is 13.2. The minimum Gasteiger partial charge on any atom is -0.477 e. The quantitative estimate of drug-likeness (QED) is 0.901. The summed E-state index contributed by atoms with van der Waals surface area (Å²) in [7, 11) is 0. The van der Waals surface area contributed by atoms with E-state index in [4.69, 9.17) is 5.11 Å². The highest BCUT2D eigenvalue weighted by atomic mass is 32.2. The van der Waals surface area contributed by atoms with Crippen LogP contribution in [0.3, 0.4) is 0 Å². The monoisotopic (exact) mass is 273 g/mol. The third-order valence-corrected chi connectivity index (χ3v) is 4.59. The van der Waals surface area contributed by atoms with Crippen LogP contribution in [-0.4, -0.2) is 20.8 Å². The summed E-state index contributed by atoms with van der Waals surface area (Å²) in [5.74, 6) is 0.0743. The zero-order valence-corrected chi connectivity index (χ0v) is 12.5. The van der Waals surface area contributed by atoms with E-state index < -0.39 is 5.97 Å². The minimum atomic E-state index is -0.863. The van der Waals surface area contributed by atoms with Crippen LogP contribution >= 0.6 is 23.1 Å². The predicted molar refractivity (Wildman–Crippen MR) is 74.2 cm³/mol. The number of carboxylic acids is 1. The fourth-order valence-electron chi connectivity index (χ4n) is 1.26. The maximum Gasteiger partial charge on any atom is 0.347 e. The number of aromatic carboxylic acids is 1. The Morgan fingerprint density at radius 2 is 2.06 bits per heavy atom. The van der Waals surface area contributed by atoms with Crippen LogP contribution in [0, 0.1) is 0 Å². The van der Waals surface area contributed by atoms with Crippen molar-refractivity contribution in [2.24, 2.45) is 0 Å². The van der Waals surface area contributed by atoms with Crippen molar-refractivity contribution in [2.75, 3.05) is 0 Å². The molecule has 1 aromatic heterocycles. The molecule has 1 rings (SSSR count). The van der Waals surface area contributed by atoms with Crippen LogP contribution in [0.2, 0.25) is 0 Å². The molecule has 0 amide bonds. The first-order chi connectivity index (χ1) is 7.70. The van der Waals surface area contributed by atoms with Gasteiger partial charge in [0.15, 0.2) is 0 Å². The number of nitrogens with zero attached hydrogens (tertiary/aromatic N) is 1. The lowest BCUT2D eigenvalue weighted by molar-refractivity contribution is 0.0700. The number of thiazole rings is 1. The molecule has 1 aromatic rings. The lowest BCUT2D eigenvalue weighted by atomic mass is 10.1. The van der Waals surface area contributed by atoms with Crippen molar-refractivity contribution in [1.29, 1.82) is 0 Å². The third-order valence-electron chi connectivity index (χ3n) is 2.07. The molecule has 0 aliphatic carbocycles. The molecule has 0 aliphatic heterocycles. The average molecular weight is 273 g/mol. The number of hydrogen-bond donors (Lipinski definition) is 1. The highest BCUT2D eigenvalue weighted by Gasteiger charge is 2.20. The number of carbonyl (C=O) groups is 1. The van der Waals surface area contributed by atoms with Crippen LogP contribution in [0.15, 0.2) is 0 Å². The smallest absolute Gasteiger partial charge is 0.347 e. The van der Waals surface area contributed by atoms with Crippen LogP contribution < -0.4 is 0 Å². The van der Waals surface area contributed by atoms with Crippen molar-refractivity contribution >= 4 is 29.1 Å². The number of thioether (sulfide) groups is 1. The van der Waals surface area contributed by atoms with Crippen molar-refractivity contribution in [3.63, 3.8) is 0 Å². The second-order valence-corrected chi connectivity index (χ2v) is 8.07. The first-order valence-electron chi connectivity index (χ1n) is 5.57. The average Bonchev–Trinajstić information content (AvgIpc) is 2.57. The van der Waals surface area contributed by atoms with Crippen LogP contribution in [-0.2, 0) is 5.75 Å². The van der Waals surface area contributed by atoms with Crippen LogP contribution in [0.25, 0.3) is 0 Å². The lowest BCUT2D eigenvalue weighted by Crippen LogP contribution is -2.07. The van der Waals surface area contributed by atoms with Gasteiger partial charge in [-0.2, -0.15) is 0 Å². The van der Waals surface area contributed by atoms with Crippen molar-refractivity contribution in [3.8, 4) is 0 Å². The predicted octanol–water partition coefficient (Wildman–Crippen LogP) is 4.00. The lowest BCUT2D eigenvalue weighted by Gasteiger charge is -2.16. The van der Waals surface area contributed by atoms with Gasteiger partial charge in [-0.05, 0) is 5.92 Å². The van der Waals surface area contributed by atoms with Gasteiger partial charge in [-0.15, -0.1) is 23.1 Å². The maximum atomic E-state index is 11.1. The Bertz CT molecular complexity index is 405. The Morgan fingerprint density at radius 1 is 1.47 bits per heavy atom. The Balaban J connectivity index is 2.89. The molecule has 0 bridgehead atoms. The first-order valence-corrected chi connectivity index (χ1v) is 7.38. The number of rotatable bonds is 4. The molecule has 96 valence electrons. The summed E-state index contributed by atoms with van der Waals surface area (Å²) in [5.41, 5.74) is 0.715. The van der Waals surface area contributed by atoms with Crippen molar-refractivity contribution in [3.05, 3.63) is 15.6 Å². The molecule has 0 aliphatic rings. The fraction of sp³-hybridized carbons (Fsp3) is 0.667. The summed E-state index contributed by atoms with van der Waals surface area (Å²) in [6, 6.07) is 0. The van der Waals surface area contributed by atoms with Crippen molar-refractivity contribution < 1.29 is 9.90 Å². The van der Waals surface area contributed by atoms with E-state index in [1.54, 1.807) is 11.8 Å². The van der Waals surface area contributed by atoms with Gasteiger partial charge >= 0.3 is 5.97 Å². The molecule has 0 aromatic carbocycles. The molecule has 0 spiro atoms. The molecule has 0 radical (unpaired) electrons. The maximum absolute atomic E-state index is 11.1. The molecule has 1 N–H and O–H groups in total. The third kappa shape index (κ3) is 4.32. The SMILES string of the molecule is CC(C)c1nc(CSC(C)(C)C)sc1C(=O)O. The van der Waals surface area contributed by atoms with Gasteiger partial charge in [0.2, 0.25) is 0 Å². The van der Waals surface area contributed by atoms with Gasteiger partial charge in [-0.25, -0.2) is 9.78 Å². The molecule has 5 heteroatoms. The molecule has 1 heterocycles. The van der Waals surface area contributed by atoms with Crippen molar-refractivity contribution in [1.82, 2.24) is 4.98 Å². The summed E-state index contributed by atoms with van der Waals surface area (Å²) >= 11 is 3.09. The summed E-state index contributed by atoms with van der Waals surface area (Å²) in [6.45, 7) is 10.4. The standard InChI is InChI=1S/C12H19NO2S2/c1-7(2)9-10(11(14)15)17-8(13-9)6-16-12(3,4)5/h7H,6H2,1-5H3,(H,14,15). The van der Waals surface area contributed by atoms with Gasteiger partial charge < -0.3 is 5.11 Å². The van der Waals surface area contributed by atoms with Gasteiger partial charge in [-0.3, -0.25) is 0 Å². The summed E-state index contributed by atoms with van der Waals surface area (Å²) in [4.78, 5) is 15.9. The second kappa shape index (κ2) is 5.40. The first kappa shape index (κ1) is 14.5. The number of hydrogen-bond acceptors (Lipinski definition) is 4. The Kier molecular flexibility index (Phi) is 4.61. The molecular formula is C12H19NO2S2. The molecule has 17 heavy (non-hydrogen) atoms. The molecule has 0 unspecified atom stereocenters. The van der Waals surface area contributed by atoms with E-state index in [0.29, 0.717) is 10.6 Å². The van der Waals surface area contributed by atoms with E-state index in [9.17, 15) is 4.79 Å². The number of aromatic nitrogens is 1. The van der Waals surface area contributed by atoms with Gasteiger partial charge in [0, 0.05) is 10.5 Å². The van der Waals surface area contributed by atoms with Gasteiger partial charge in [0.05, 0.1) is 5.69 Å². The van der Waals surface area contributed by atoms with E-state index in [-0.39, 0.29) is 10.7 Å². The highest BCUT2D eigenvalue weighted by Crippen LogP contribution is 2.31. The molecule has 0 saturated heterocycles. The van der Waals surface area contributed by atoms with E-state index >= 15 is 0 Å². The Morgan fingerprint density at radius 3 is 2.41 bits per heavy atom. The molecular weight excluding hydrogens is 254 g/mol. The van der Waals surface area contributed by atoms with Crippen molar-refractivity contribution in [2.45, 2.75) is 51.0 Å². The van der Waals surface area contributed by atoms with Gasteiger partial charge in [0.1, 0.15) is 9.88 Å². The Labute approximate surface area is 111 Å². The van der Waals surface area contributed by atoms with E-state index in [2.05, 4.69) is 25.8 Å². The molecule has 3 nitrogen and oxygen atoms in total. The normalized spacial score (nSPS) is 12.1. The van der Waals surface area contributed by atoms with Crippen LogP contribution in [0.4, 0.5) is 0 Å². The van der Waals surface area contributed by atoms with Gasteiger partial charge in [0.25, 0.3) is 0 Å². The van der Waals surface area contributed by atoms with Crippen LogP contribution in [0.1, 0.15) is 60.9 Å². The Hall–Kier alpha value is -0.550. The minimum absolute atomic E-state index is 0.158. The zero-order valence-electron chi connectivity index (χ0n) is 10.9. The highest BCUT2D eigenvalue weighted by molar-refractivity contribution is 7.99. The van der Waals surface area contributed by atoms with E-state index in [1.807, 2.05) is 13.8 Å². The van der Waals surface area contributed by atoms with Gasteiger partial charge in [-0.1, -0.05) is 34.6 Å². The largest absolute Gasteiger partial charge is 0.477 e. The summed E-state index contributed by atoms with van der Waals surface area (Å²) in [5, 5.41) is 10.0. The summed E-state index contributed by atoms with van der Waals surface area (Å²) < 4.78 is 0.174. The topological polar surface area (TPSA) is 50.2 Å². The van der Waals surface area contributed by atoms with E-state index in [0.717, 1.165) is 10.8 Å². The van der Waals surface area contributed by atoms with E-state index in [1.165, 1.54) is 11.3 Å². The second-order valence-electron chi connectivity index (χ2n) is 5.18. The number of carboxylic acid groups (broad SMARTS) is 1. The fourth-order valence-corrected chi connectivity index (χ4v) is 3.15. The molecule has 0 atom stereocenters. The molecule has 0 fully saturated rings. The van der Waals surface area contributed by atoms with Crippen LogP contribution in [0.5, 0.6) is 0 Å². The summed E-state index contributed by atoms with van der Waals surface area (Å²) in [6.07, 6.45) is 0. The molecule has 0 saturated carbocycles.